The average Bonchev–Trinajstić information content (AvgIpc) is 2.43. The van der Waals surface area contributed by atoms with Crippen LogP contribution in [-0.2, 0) is 0 Å². The van der Waals surface area contributed by atoms with Crippen LogP contribution in [-0.4, -0.2) is 0 Å². The van der Waals surface area contributed by atoms with E-state index in [-0.39, 0.29) is 11.0 Å². The Morgan fingerprint density at radius 1 is 1.54 bits per heavy atom. The molecule has 4 heteroatoms. The van der Waals surface area contributed by atoms with E-state index >= 15 is 0 Å². The van der Waals surface area contributed by atoms with E-state index in [0.29, 0.717) is 5.58 Å². The normalized spacial score (nSPS) is 13.4. The third kappa shape index (κ3) is 1.38. The van der Waals surface area contributed by atoms with Gasteiger partial charge in [0.05, 0.1) is 4.70 Å². The second-order valence-electron chi connectivity index (χ2n) is 2.92. The van der Waals surface area contributed by atoms with Crippen LogP contribution in [0.2, 0.25) is 0 Å². The lowest BCUT2D eigenvalue weighted by Gasteiger charge is -2.04. The molecule has 0 fully saturated rings. The number of fused-ring (bicyclic) bond motifs is 1. The zero-order chi connectivity index (χ0) is 9.42. The fraction of sp³-hybridized carbons (Fsp3) is 0.222. The maximum atomic E-state index is 11.0. The molecule has 1 atom stereocenters. The monoisotopic (exact) mass is 195 g/mol. The first-order chi connectivity index (χ1) is 6.18. The smallest absolute Gasteiger partial charge is 0.396 e. The molecule has 2 aromatic rings. The Morgan fingerprint density at radius 3 is 3.00 bits per heavy atom. The molecule has 0 spiro atoms. The molecule has 0 aliphatic rings. The van der Waals surface area contributed by atoms with Crippen molar-refractivity contribution in [3.8, 4) is 0 Å². The topological polar surface area (TPSA) is 56.2 Å². The molecular weight excluding hydrogens is 186 g/mol. The Morgan fingerprint density at radius 2 is 2.31 bits per heavy atom. The summed E-state index contributed by atoms with van der Waals surface area (Å²) >= 11 is 1.10. The molecule has 1 unspecified atom stereocenters. The van der Waals surface area contributed by atoms with Gasteiger partial charge in [0.25, 0.3) is 0 Å². The van der Waals surface area contributed by atoms with Gasteiger partial charge in [0, 0.05) is 6.04 Å². The van der Waals surface area contributed by atoms with E-state index in [2.05, 4.69) is 0 Å². The molecular formula is C9H9NO2S. The van der Waals surface area contributed by atoms with Crippen molar-refractivity contribution in [1.82, 2.24) is 0 Å². The van der Waals surface area contributed by atoms with Gasteiger partial charge in [0.2, 0.25) is 0 Å². The van der Waals surface area contributed by atoms with Gasteiger partial charge in [-0.05, 0) is 18.6 Å². The number of rotatable bonds is 1. The molecule has 0 radical (unpaired) electrons. The summed E-state index contributed by atoms with van der Waals surface area (Å²) in [5.41, 5.74) is 7.35. The molecule has 0 bridgehead atoms. The number of hydrogen-bond donors (Lipinski definition) is 1. The second-order valence-corrected chi connectivity index (χ2v) is 3.86. The first-order valence-corrected chi connectivity index (χ1v) is 4.78. The van der Waals surface area contributed by atoms with Gasteiger partial charge < -0.3 is 10.2 Å². The van der Waals surface area contributed by atoms with Crippen LogP contribution in [0.25, 0.3) is 10.3 Å². The first-order valence-electron chi connectivity index (χ1n) is 3.96. The zero-order valence-corrected chi connectivity index (χ0v) is 7.93. The Hall–Kier alpha value is -1.13. The predicted molar refractivity (Wildman–Crippen MR) is 53.0 cm³/mol. The lowest BCUT2D eigenvalue weighted by atomic mass is 10.1. The standard InChI is InChI=1S/C9H9NO2S/c1-5(10)6-3-2-4-7-8(6)13-9(11)12-7/h2-5H,10H2,1H3. The van der Waals surface area contributed by atoms with Gasteiger partial charge >= 0.3 is 4.94 Å². The van der Waals surface area contributed by atoms with Gasteiger partial charge in [-0.25, -0.2) is 4.79 Å². The van der Waals surface area contributed by atoms with Crippen molar-refractivity contribution in [3.05, 3.63) is 33.5 Å². The van der Waals surface area contributed by atoms with Crippen molar-refractivity contribution in [2.75, 3.05) is 0 Å². The van der Waals surface area contributed by atoms with Crippen LogP contribution in [0, 0.1) is 0 Å². The van der Waals surface area contributed by atoms with E-state index in [9.17, 15) is 4.79 Å². The SMILES string of the molecule is CC(N)c1cccc2oc(=O)sc12. The van der Waals surface area contributed by atoms with E-state index < -0.39 is 0 Å². The Bertz CT molecular complexity index is 484. The van der Waals surface area contributed by atoms with Crippen LogP contribution < -0.4 is 10.7 Å². The molecule has 0 aliphatic heterocycles. The van der Waals surface area contributed by atoms with Crippen molar-refractivity contribution in [1.29, 1.82) is 0 Å². The quantitative estimate of drug-likeness (QED) is 0.755. The lowest BCUT2D eigenvalue weighted by molar-refractivity contribution is 0.585. The number of benzene rings is 1. The van der Waals surface area contributed by atoms with Gasteiger partial charge in [-0.3, -0.25) is 0 Å². The maximum absolute atomic E-state index is 11.0. The molecule has 0 saturated carbocycles. The molecule has 0 saturated heterocycles. The van der Waals surface area contributed by atoms with Crippen LogP contribution in [0.5, 0.6) is 0 Å². The summed E-state index contributed by atoms with van der Waals surface area (Å²) in [5, 5.41) is 0. The summed E-state index contributed by atoms with van der Waals surface area (Å²) in [6.45, 7) is 1.89. The summed E-state index contributed by atoms with van der Waals surface area (Å²) in [4.78, 5) is 10.7. The zero-order valence-electron chi connectivity index (χ0n) is 7.11. The Labute approximate surface area is 78.8 Å². The maximum Gasteiger partial charge on any atom is 0.396 e. The van der Waals surface area contributed by atoms with Crippen LogP contribution in [0.1, 0.15) is 18.5 Å². The van der Waals surface area contributed by atoms with Crippen LogP contribution in [0.4, 0.5) is 0 Å². The van der Waals surface area contributed by atoms with Crippen molar-refractivity contribution in [3.63, 3.8) is 0 Å². The van der Waals surface area contributed by atoms with E-state index in [0.717, 1.165) is 21.6 Å². The van der Waals surface area contributed by atoms with Crippen LogP contribution in [0.3, 0.4) is 0 Å². The average molecular weight is 195 g/mol. The van der Waals surface area contributed by atoms with E-state index in [1.807, 2.05) is 19.1 Å². The van der Waals surface area contributed by atoms with E-state index in [1.165, 1.54) is 0 Å². The minimum absolute atomic E-state index is 0.0723. The van der Waals surface area contributed by atoms with Gasteiger partial charge in [0.15, 0.2) is 0 Å². The highest BCUT2D eigenvalue weighted by Crippen LogP contribution is 2.24. The minimum atomic E-state index is -0.275. The molecule has 0 aliphatic carbocycles. The third-order valence-corrected chi connectivity index (χ3v) is 2.77. The fourth-order valence-corrected chi connectivity index (χ4v) is 2.16. The van der Waals surface area contributed by atoms with Crippen LogP contribution in [0.15, 0.2) is 27.4 Å². The highest BCUT2D eigenvalue weighted by Gasteiger charge is 2.09. The Balaban J connectivity index is 2.82. The summed E-state index contributed by atoms with van der Waals surface area (Å²) in [6, 6.07) is 5.46. The molecule has 13 heavy (non-hydrogen) atoms. The summed E-state index contributed by atoms with van der Waals surface area (Å²) in [7, 11) is 0. The second kappa shape index (κ2) is 2.97. The molecule has 1 aromatic heterocycles. The fourth-order valence-electron chi connectivity index (χ4n) is 1.27. The van der Waals surface area contributed by atoms with Gasteiger partial charge in [-0.2, -0.15) is 0 Å². The van der Waals surface area contributed by atoms with Gasteiger partial charge in [-0.1, -0.05) is 23.5 Å². The molecule has 3 nitrogen and oxygen atoms in total. The molecule has 1 heterocycles. The number of nitrogens with two attached hydrogens (primary N) is 1. The Kier molecular flexibility index (Phi) is 1.94. The van der Waals surface area contributed by atoms with Crippen molar-refractivity contribution in [2.24, 2.45) is 5.73 Å². The molecule has 1 aromatic carbocycles. The van der Waals surface area contributed by atoms with Crippen molar-refractivity contribution in [2.45, 2.75) is 13.0 Å². The first kappa shape index (κ1) is 8.47. The van der Waals surface area contributed by atoms with Gasteiger partial charge in [-0.15, -0.1) is 0 Å². The summed E-state index contributed by atoms with van der Waals surface area (Å²) in [6.07, 6.45) is 0. The van der Waals surface area contributed by atoms with E-state index in [4.69, 9.17) is 10.2 Å². The minimum Gasteiger partial charge on any atom is -0.414 e. The summed E-state index contributed by atoms with van der Waals surface area (Å²) in [5.74, 6) is 0. The molecule has 2 rings (SSSR count). The summed E-state index contributed by atoms with van der Waals surface area (Å²) < 4.78 is 5.83. The molecule has 0 amide bonds. The van der Waals surface area contributed by atoms with E-state index in [1.54, 1.807) is 6.07 Å². The number of hydrogen-bond acceptors (Lipinski definition) is 4. The highest BCUT2D eigenvalue weighted by atomic mass is 32.1. The third-order valence-electron chi connectivity index (χ3n) is 1.88. The van der Waals surface area contributed by atoms with Crippen molar-refractivity contribution >= 4 is 21.6 Å². The molecule has 68 valence electrons. The highest BCUT2D eigenvalue weighted by molar-refractivity contribution is 7.16. The predicted octanol–water partition coefficient (Wildman–Crippen LogP) is 1.87. The van der Waals surface area contributed by atoms with Crippen LogP contribution >= 0.6 is 11.3 Å². The van der Waals surface area contributed by atoms with Crippen molar-refractivity contribution < 1.29 is 4.42 Å². The lowest BCUT2D eigenvalue weighted by Crippen LogP contribution is -2.04. The van der Waals surface area contributed by atoms with Gasteiger partial charge in [0.1, 0.15) is 5.58 Å². The molecule has 2 N–H and O–H groups in total. The largest absolute Gasteiger partial charge is 0.414 e.